The van der Waals surface area contributed by atoms with Crippen LogP contribution in [0.25, 0.3) is 10.8 Å². The Morgan fingerprint density at radius 3 is 2.56 bits per heavy atom. The van der Waals surface area contributed by atoms with Crippen molar-refractivity contribution in [2.75, 3.05) is 19.6 Å². The molecule has 4 rings (SSSR count). The van der Waals surface area contributed by atoms with Crippen LogP contribution in [0.5, 0.6) is 0 Å². The highest BCUT2D eigenvalue weighted by atomic mass is 35.5. The Balaban J connectivity index is 0.00000182. The van der Waals surface area contributed by atoms with Gasteiger partial charge < -0.3 is 10.2 Å². The molecule has 4 heteroatoms. The summed E-state index contributed by atoms with van der Waals surface area (Å²) in [4.78, 5) is 14.8. The largest absolute Gasteiger partial charge is 0.342 e. The van der Waals surface area contributed by atoms with Gasteiger partial charge in [-0.05, 0) is 54.5 Å². The van der Waals surface area contributed by atoms with E-state index in [1.807, 2.05) is 0 Å². The summed E-state index contributed by atoms with van der Waals surface area (Å²) in [5.74, 6) is 1.04. The lowest BCUT2D eigenvalue weighted by Gasteiger charge is -2.35. The molecule has 25 heavy (non-hydrogen) atoms. The van der Waals surface area contributed by atoms with E-state index in [-0.39, 0.29) is 18.3 Å². The Labute approximate surface area is 156 Å². The number of nitrogens with one attached hydrogen (secondary N) is 1. The molecule has 134 valence electrons. The van der Waals surface area contributed by atoms with Crippen molar-refractivity contribution in [3.8, 4) is 0 Å². The zero-order valence-corrected chi connectivity index (χ0v) is 15.4. The maximum absolute atomic E-state index is 12.7. The smallest absolute Gasteiger partial charge is 0.227 e. The van der Waals surface area contributed by atoms with Gasteiger partial charge in [-0.25, -0.2) is 0 Å². The van der Waals surface area contributed by atoms with Gasteiger partial charge in [0.1, 0.15) is 0 Å². The Bertz CT molecular complexity index is 713. The lowest BCUT2D eigenvalue weighted by Crippen LogP contribution is -2.43. The number of carbonyl (C=O) groups is 1. The maximum atomic E-state index is 12.7. The molecular formula is C21H27ClN2O. The van der Waals surface area contributed by atoms with E-state index in [1.165, 1.54) is 30.2 Å². The third-order valence-corrected chi connectivity index (χ3v) is 5.78. The van der Waals surface area contributed by atoms with Crippen molar-refractivity contribution in [3.63, 3.8) is 0 Å². The predicted molar refractivity (Wildman–Crippen MR) is 105 cm³/mol. The first-order valence-corrected chi connectivity index (χ1v) is 9.29. The van der Waals surface area contributed by atoms with Crippen molar-refractivity contribution < 1.29 is 4.79 Å². The highest BCUT2D eigenvalue weighted by molar-refractivity contribution is 5.90. The molecule has 1 amide bonds. The maximum Gasteiger partial charge on any atom is 0.227 e. The second-order valence-corrected chi connectivity index (χ2v) is 7.24. The Kier molecular flexibility index (Phi) is 5.98. The summed E-state index contributed by atoms with van der Waals surface area (Å²) in [5, 5.41) is 6.05. The Morgan fingerprint density at radius 2 is 1.80 bits per heavy atom. The first-order valence-electron chi connectivity index (χ1n) is 9.29. The van der Waals surface area contributed by atoms with Crippen LogP contribution in [0, 0.1) is 5.92 Å². The normalized spacial score (nSPS) is 21.3. The van der Waals surface area contributed by atoms with Crippen LogP contribution in [0.15, 0.2) is 42.5 Å². The van der Waals surface area contributed by atoms with Crippen LogP contribution >= 0.6 is 12.4 Å². The van der Waals surface area contributed by atoms with E-state index in [0.717, 1.165) is 37.4 Å². The zero-order valence-electron chi connectivity index (χ0n) is 14.6. The van der Waals surface area contributed by atoms with Crippen LogP contribution < -0.4 is 5.32 Å². The van der Waals surface area contributed by atoms with Crippen molar-refractivity contribution >= 4 is 29.1 Å². The molecule has 0 saturated carbocycles. The van der Waals surface area contributed by atoms with Gasteiger partial charge in [-0.2, -0.15) is 0 Å². The van der Waals surface area contributed by atoms with E-state index in [1.54, 1.807) is 0 Å². The highest BCUT2D eigenvalue weighted by Gasteiger charge is 2.29. The monoisotopic (exact) mass is 358 g/mol. The molecule has 0 aliphatic carbocycles. The second kappa shape index (κ2) is 8.20. The minimum Gasteiger partial charge on any atom is -0.342 e. The number of piperidine rings is 1. The van der Waals surface area contributed by atoms with Crippen LogP contribution in [0.2, 0.25) is 0 Å². The molecule has 1 unspecified atom stereocenters. The van der Waals surface area contributed by atoms with E-state index in [9.17, 15) is 4.79 Å². The number of halogens is 1. The lowest BCUT2D eigenvalue weighted by molar-refractivity contribution is -0.131. The fraction of sp³-hybridized carbons (Fsp3) is 0.476. The number of hydrogen-bond acceptors (Lipinski definition) is 2. The van der Waals surface area contributed by atoms with Crippen LogP contribution in [-0.2, 0) is 11.2 Å². The number of carbonyl (C=O) groups excluding carboxylic acids is 1. The van der Waals surface area contributed by atoms with Crippen LogP contribution in [0.1, 0.15) is 31.2 Å². The van der Waals surface area contributed by atoms with E-state index in [2.05, 4.69) is 52.7 Å². The summed E-state index contributed by atoms with van der Waals surface area (Å²) in [6.07, 6.45) is 5.45. The van der Waals surface area contributed by atoms with E-state index >= 15 is 0 Å². The summed E-state index contributed by atoms with van der Waals surface area (Å²) in [7, 11) is 0. The summed E-state index contributed by atoms with van der Waals surface area (Å²) in [5.41, 5.74) is 1.15. The van der Waals surface area contributed by atoms with E-state index in [4.69, 9.17) is 0 Å². The molecule has 2 heterocycles. The van der Waals surface area contributed by atoms with Crippen molar-refractivity contribution in [1.82, 2.24) is 10.2 Å². The van der Waals surface area contributed by atoms with Gasteiger partial charge in [0, 0.05) is 19.1 Å². The van der Waals surface area contributed by atoms with Crippen LogP contribution in [-0.4, -0.2) is 36.5 Å². The molecular weight excluding hydrogens is 332 g/mol. The quantitative estimate of drug-likeness (QED) is 0.905. The van der Waals surface area contributed by atoms with Gasteiger partial charge >= 0.3 is 0 Å². The van der Waals surface area contributed by atoms with Gasteiger partial charge in [0.05, 0.1) is 6.42 Å². The zero-order chi connectivity index (χ0) is 16.4. The first-order chi connectivity index (χ1) is 11.8. The van der Waals surface area contributed by atoms with E-state index < -0.39 is 0 Å². The molecule has 1 N–H and O–H groups in total. The number of fused-ring (bicyclic) bond motifs is 1. The predicted octanol–water partition coefficient (Wildman–Crippen LogP) is 3.79. The fourth-order valence-electron chi connectivity index (χ4n) is 4.39. The van der Waals surface area contributed by atoms with Crippen LogP contribution in [0.4, 0.5) is 0 Å². The molecule has 2 aromatic carbocycles. The summed E-state index contributed by atoms with van der Waals surface area (Å²) < 4.78 is 0. The average molecular weight is 359 g/mol. The average Bonchev–Trinajstić information content (AvgIpc) is 3.17. The van der Waals surface area contributed by atoms with Crippen LogP contribution in [0.3, 0.4) is 0 Å². The second-order valence-electron chi connectivity index (χ2n) is 7.24. The molecule has 0 aromatic heterocycles. The summed E-state index contributed by atoms with van der Waals surface area (Å²) in [6, 6.07) is 15.3. The Morgan fingerprint density at radius 1 is 1.04 bits per heavy atom. The topological polar surface area (TPSA) is 32.3 Å². The van der Waals surface area contributed by atoms with Gasteiger partial charge in [0.25, 0.3) is 0 Å². The molecule has 1 atom stereocenters. The number of amides is 1. The third kappa shape index (κ3) is 3.99. The number of rotatable bonds is 3. The molecule has 3 nitrogen and oxygen atoms in total. The molecule has 2 fully saturated rings. The van der Waals surface area contributed by atoms with Gasteiger partial charge in [-0.1, -0.05) is 42.5 Å². The van der Waals surface area contributed by atoms with Crippen molar-refractivity contribution in [2.45, 2.75) is 38.1 Å². The van der Waals surface area contributed by atoms with E-state index in [0.29, 0.717) is 12.5 Å². The number of hydrogen-bond donors (Lipinski definition) is 1. The van der Waals surface area contributed by atoms with Gasteiger partial charge in [-0.3, -0.25) is 4.79 Å². The molecule has 0 radical (unpaired) electrons. The molecule has 0 spiro atoms. The van der Waals surface area contributed by atoms with Crippen molar-refractivity contribution in [1.29, 1.82) is 0 Å². The lowest BCUT2D eigenvalue weighted by atomic mass is 9.88. The summed E-state index contributed by atoms with van der Waals surface area (Å²) in [6.45, 7) is 3.02. The van der Waals surface area contributed by atoms with Crippen molar-refractivity contribution in [2.24, 2.45) is 5.92 Å². The first kappa shape index (κ1) is 18.2. The fourth-order valence-corrected chi connectivity index (χ4v) is 4.39. The molecule has 2 aliphatic heterocycles. The van der Waals surface area contributed by atoms with Gasteiger partial charge in [0.15, 0.2) is 0 Å². The third-order valence-electron chi connectivity index (χ3n) is 5.78. The highest BCUT2D eigenvalue weighted by Crippen LogP contribution is 2.26. The summed E-state index contributed by atoms with van der Waals surface area (Å²) >= 11 is 0. The van der Waals surface area contributed by atoms with Gasteiger partial charge in [0.2, 0.25) is 5.91 Å². The minimum absolute atomic E-state index is 0. The van der Waals surface area contributed by atoms with Gasteiger partial charge in [-0.15, -0.1) is 12.4 Å². The van der Waals surface area contributed by atoms with Crippen molar-refractivity contribution in [3.05, 3.63) is 48.0 Å². The molecule has 2 aliphatic rings. The molecule has 0 bridgehead atoms. The molecule has 2 saturated heterocycles. The Hall–Kier alpha value is -1.58. The molecule has 2 aromatic rings. The number of likely N-dealkylation sites (tertiary alicyclic amines) is 1. The standard InChI is InChI=1S/C21H26N2O.ClH/c24-21(15-18-7-3-6-16-5-1-2-8-19(16)18)23-13-10-17(11-14-23)20-9-4-12-22-20;/h1-3,5-8,17,20,22H,4,9-15H2;1H. The minimum atomic E-state index is 0. The number of benzene rings is 2. The number of nitrogens with zero attached hydrogens (tertiary/aromatic N) is 1. The SMILES string of the molecule is Cl.O=C(Cc1cccc2ccccc12)N1CCC(C2CCCN2)CC1.